The molecule has 1 heterocycles. The molecule has 1 amide bonds. The summed E-state index contributed by atoms with van der Waals surface area (Å²) in [6.45, 7) is 2.45. The molecule has 1 saturated carbocycles. The van der Waals surface area contributed by atoms with Crippen LogP contribution in [0.5, 0.6) is 0 Å². The lowest BCUT2D eigenvalue weighted by Crippen LogP contribution is -2.56. The van der Waals surface area contributed by atoms with E-state index < -0.39 is 11.5 Å². The van der Waals surface area contributed by atoms with Gasteiger partial charge in [-0.3, -0.25) is 4.79 Å². The summed E-state index contributed by atoms with van der Waals surface area (Å²) in [5.74, 6) is -0.842. The molecule has 0 aromatic carbocycles. The quantitative estimate of drug-likeness (QED) is 0.815. The largest absolute Gasteiger partial charge is 0.479 e. The Balaban J connectivity index is 2.13. The fraction of sp³-hybridized carbons (Fsp3) is 0.875. The van der Waals surface area contributed by atoms with Gasteiger partial charge in [0.05, 0.1) is 0 Å². The summed E-state index contributed by atoms with van der Waals surface area (Å²) in [6, 6.07) is 0. The smallest absolute Gasteiger partial charge is 0.329 e. The van der Waals surface area contributed by atoms with Gasteiger partial charge in [0.1, 0.15) is 5.54 Å². The van der Waals surface area contributed by atoms with Crippen LogP contribution >= 0.6 is 0 Å². The Morgan fingerprint density at radius 1 is 1.14 bits per heavy atom. The maximum absolute atomic E-state index is 12.8. The van der Waals surface area contributed by atoms with E-state index in [-0.39, 0.29) is 11.4 Å². The molecular formula is C16H28N2O3. The van der Waals surface area contributed by atoms with Gasteiger partial charge in [-0.25, -0.2) is 4.79 Å². The molecule has 120 valence electrons. The van der Waals surface area contributed by atoms with Crippen molar-refractivity contribution in [2.75, 3.05) is 13.6 Å². The lowest BCUT2D eigenvalue weighted by atomic mass is 9.78. The van der Waals surface area contributed by atoms with E-state index >= 15 is 0 Å². The standard InChI is InChI=1S/C16H28N2O3/c1-3-16(14(20)21)10-7-11-18(16)13(19)12-15(17-2)8-5-4-6-9-15/h17H,3-12H2,1-2H3,(H,20,21). The molecular weight excluding hydrogens is 268 g/mol. The van der Waals surface area contributed by atoms with E-state index in [1.165, 1.54) is 6.42 Å². The molecule has 2 fully saturated rings. The Morgan fingerprint density at radius 2 is 1.81 bits per heavy atom. The van der Waals surface area contributed by atoms with Gasteiger partial charge in [0.2, 0.25) is 5.91 Å². The van der Waals surface area contributed by atoms with Crippen molar-refractivity contribution in [3.63, 3.8) is 0 Å². The monoisotopic (exact) mass is 296 g/mol. The van der Waals surface area contributed by atoms with E-state index in [1.54, 1.807) is 4.90 Å². The minimum Gasteiger partial charge on any atom is -0.479 e. The average molecular weight is 296 g/mol. The number of hydrogen-bond donors (Lipinski definition) is 2. The minimum absolute atomic E-state index is 0.00741. The third-order valence-electron chi connectivity index (χ3n) is 5.60. The first kappa shape index (κ1) is 16.3. The van der Waals surface area contributed by atoms with Gasteiger partial charge in [0.15, 0.2) is 0 Å². The molecule has 2 N–H and O–H groups in total. The molecule has 1 aliphatic carbocycles. The van der Waals surface area contributed by atoms with Gasteiger partial charge < -0.3 is 15.3 Å². The summed E-state index contributed by atoms with van der Waals surface area (Å²) in [7, 11) is 1.92. The second kappa shape index (κ2) is 6.34. The maximum Gasteiger partial charge on any atom is 0.329 e. The van der Waals surface area contributed by atoms with Gasteiger partial charge in [0, 0.05) is 18.5 Å². The second-order valence-electron chi connectivity index (χ2n) is 6.61. The van der Waals surface area contributed by atoms with Crippen molar-refractivity contribution in [2.24, 2.45) is 0 Å². The van der Waals surface area contributed by atoms with Gasteiger partial charge in [-0.2, -0.15) is 0 Å². The topological polar surface area (TPSA) is 69.6 Å². The van der Waals surface area contributed by atoms with Crippen LogP contribution in [0.4, 0.5) is 0 Å². The molecule has 2 aliphatic rings. The zero-order valence-corrected chi connectivity index (χ0v) is 13.3. The fourth-order valence-electron chi connectivity index (χ4n) is 4.11. The molecule has 5 heteroatoms. The number of carboxylic acids is 1. The van der Waals surface area contributed by atoms with Gasteiger partial charge >= 0.3 is 5.97 Å². The highest BCUT2D eigenvalue weighted by Crippen LogP contribution is 2.36. The summed E-state index contributed by atoms with van der Waals surface area (Å²) in [5, 5.41) is 13.0. The molecule has 0 aromatic heterocycles. The molecule has 1 unspecified atom stereocenters. The van der Waals surface area contributed by atoms with E-state index in [0.29, 0.717) is 25.8 Å². The lowest BCUT2D eigenvalue weighted by molar-refractivity contribution is -0.157. The second-order valence-corrected chi connectivity index (χ2v) is 6.61. The van der Waals surface area contributed by atoms with Crippen molar-refractivity contribution >= 4 is 11.9 Å². The normalized spacial score (nSPS) is 28.6. The number of carbonyl (C=O) groups is 2. The molecule has 0 spiro atoms. The third kappa shape index (κ3) is 2.93. The number of nitrogens with zero attached hydrogens (tertiary/aromatic N) is 1. The first-order chi connectivity index (χ1) is 9.99. The maximum atomic E-state index is 12.8. The first-order valence-corrected chi connectivity index (χ1v) is 8.22. The van der Waals surface area contributed by atoms with Crippen LogP contribution in [-0.4, -0.2) is 46.6 Å². The number of amides is 1. The number of rotatable bonds is 5. The van der Waals surface area contributed by atoms with Crippen LogP contribution in [0.3, 0.4) is 0 Å². The molecule has 1 saturated heterocycles. The molecule has 0 aromatic rings. The highest BCUT2D eigenvalue weighted by Gasteiger charge is 2.49. The highest BCUT2D eigenvalue weighted by molar-refractivity contribution is 5.88. The zero-order valence-electron chi connectivity index (χ0n) is 13.3. The summed E-state index contributed by atoms with van der Waals surface area (Å²) in [5.41, 5.74) is -1.10. The third-order valence-corrected chi connectivity index (χ3v) is 5.60. The van der Waals surface area contributed by atoms with Crippen LogP contribution in [0, 0.1) is 0 Å². The number of aliphatic carboxylic acids is 1. The van der Waals surface area contributed by atoms with Crippen LogP contribution in [-0.2, 0) is 9.59 Å². The molecule has 0 bridgehead atoms. The zero-order chi connectivity index (χ0) is 15.5. The Labute approximate surface area is 127 Å². The van der Waals surface area contributed by atoms with Gasteiger partial charge in [-0.15, -0.1) is 0 Å². The van der Waals surface area contributed by atoms with Crippen LogP contribution in [0.1, 0.15) is 64.7 Å². The van der Waals surface area contributed by atoms with Crippen molar-refractivity contribution in [3.05, 3.63) is 0 Å². The first-order valence-electron chi connectivity index (χ1n) is 8.22. The predicted molar refractivity (Wildman–Crippen MR) is 81.1 cm³/mol. The summed E-state index contributed by atoms with van der Waals surface area (Å²) in [6.07, 6.45) is 7.83. The Bertz CT molecular complexity index is 404. The van der Waals surface area contributed by atoms with E-state index in [2.05, 4.69) is 5.32 Å². The van der Waals surface area contributed by atoms with Gasteiger partial charge in [-0.05, 0) is 39.2 Å². The molecule has 0 radical (unpaired) electrons. The molecule has 2 rings (SSSR count). The SMILES string of the molecule is CCC1(C(=O)O)CCCN1C(=O)CC1(NC)CCCCC1. The summed E-state index contributed by atoms with van der Waals surface area (Å²) >= 11 is 0. The number of nitrogens with one attached hydrogen (secondary N) is 1. The Morgan fingerprint density at radius 3 is 2.33 bits per heavy atom. The van der Waals surface area contributed by atoms with E-state index in [9.17, 15) is 14.7 Å². The molecule has 1 atom stereocenters. The number of carboxylic acid groups (broad SMARTS) is 1. The van der Waals surface area contributed by atoms with Gasteiger partial charge in [-0.1, -0.05) is 26.2 Å². The van der Waals surface area contributed by atoms with Crippen molar-refractivity contribution < 1.29 is 14.7 Å². The number of hydrogen-bond acceptors (Lipinski definition) is 3. The summed E-state index contributed by atoms with van der Waals surface area (Å²) in [4.78, 5) is 26.1. The number of likely N-dealkylation sites (tertiary alicyclic amines) is 1. The van der Waals surface area contributed by atoms with Crippen LogP contribution < -0.4 is 5.32 Å². The van der Waals surface area contributed by atoms with Crippen molar-refractivity contribution in [1.29, 1.82) is 0 Å². The molecule has 21 heavy (non-hydrogen) atoms. The van der Waals surface area contributed by atoms with E-state index in [0.717, 1.165) is 32.1 Å². The Kier molecular flexibility index (Phi) is 4.91. The number of carbonyl (C=O) groups excluding carboxylic acids is 1. The van der Waals surface area contributed by atoms with Crippen LogP contribution in [0.2, 0.25) is 0 Å². The van der Waals surface area contributed by atoms with Crippen LogP contribution in [0.15, 0.2) is 0 Å². The highest BCUT2D eigenvalue weighted by atomic mass is 16.4. The molecule has 5 nitrogen and oxygen atoms in total. The van der Waals surface area contributed by atoms with Crippen molar-refractivity contribution in [1.82, 2.24) is 10.2 Å². The summed E-state index contributed by atoms with van der Waals surface area (Å²) < 4.78 is 0. The predicted octanol–water partition coefficient (Wildman–Crippen LogP) is 2.15. The Hall–Kier alpha value is -1.10. The molecule has 1 aliphatic heterocycles. The average Bonchev–Trinajstić information content (AvgIpc) is 2.93. The van der Waals surface area contributed by atoms with Crippen molar-refractivity contribution in [2.45, 2.75) is 75.8 Å². The lowest BCUT2D eigenvalue weighted by Gasteiger charge is -2.40. The van der Waals surface area contributed by atoms with E-state index in [4.69, 9.17) is 0 Å². The van der Waals surface area contributed by atoms with Crippen LogP contribution in [0.25, 0.3) is 0 Å². The van der Waals surface area contributed by atoms with E-state index in [1.807, 2.05) is 14.0 Å². The van der Waals surface area contributed by atoms with Gasteiger partial charge in [0.25, 0.3) is 0 Å². The minimum atomic E-state index is -0.972. The fourth-order valence-corrected chi connectivity index (χ4v) is 4.11. The van der Waals surface area contributed by atoms with Crippen molar-refractivity contribution in [3.8, 4) is 0 Å².